The highest BCUT2D eigenvalue weighted by Gasteiger charge is 2.52. The van der Waals surface area contributed by atoms with Crippen molar-refractivity contribution in [3.8, 4) is 17.1 Å². The van der Waals surface area contributed by atoms with Crippen molar-refractivity contribution >= 4 is 18.4 Å². The van der Waals surface area contributed by atoms with E-state index in [1.54, 1.807) is 24.3 Å². The number of nitrogens with zero attached hydrogens (tertiary/aromatic N) is 3. The van der Waals surface area contributed by atoms with Crippen LogP contribution in [0.1, 0.15) is 50.7 Å². The molecule has 2 aromatic heterocycles. The smallest absolute Gasteiger partial charge is 0.399 e. The normalized spacial score (nSPS) is 17.4. The molecule has 0 atom stereocenters. The standard InChI is InChI=1S/C23H23BF3N3O3/c1-14(31)16-13-28-30(20(16)23(25,26)27)19-12-8-11-18(29-19)15-9-6-7-10-17(15)24-32-21(2,3)22(4,5)33-24/h6-13H,1-5H3. The van der Waals surface area contributed by atoms with E-state index in [-0.39, 0.29) is 5.82 Å². The number of aromatic nitrogens is 3. The van der Waals surface area contributed by atoms with Gasteiger partial charge >= 0.3 is 13.3 Å². The van der Waals surface area contributed by atoms with Crippen LogP contribution in [0.4, 0.5) is 13.2 Å². The number of hydrogen-bond donors (Lipinski definition) is 0. The van der Waals surface area contributed by atoms with Gasteiger partial charge in [-0.2, -0.15) is 18.3 Å². The van der Waals surface area contributed by atoms with Crippen LogP contribution in [0.2, 0.25) is 0 Å². The van der Waals surface area contributed by atoms with E-state index < -0.39 is 41.5 Å². The van der Waals surface area contributed by atoms with Gasteiger partial charge in [0.05, 0.1) is 28.7 Å². The number of halogens is 3. The molecule has 1 saturated heterocycles. The zero-order valence-electron chi connectivity index (χ0n) is 18.9. The highest BCUT2D eigenvalue weighted by Crippen LogP contribution is 2.37. The summed E-state index contributed by atoms with van der Waals surface area (Å²) in [6.45, 7) is 8.84. The third kappa shape index (κ3) is 4.09. The van der Waals surface area contributed by atoms with Crippen molar-refractivity contribution in [2.45, 2.75) is 52.0 Å². The van der Waals surface area contributed by atoms with E-state index >= 15 is 0 Å². The Bertz CT molecular complexity index is 1200. The third-order valence-electron chi connectivity index (χ3n) is 6.11. The van der Waals surface area contributed by atoms with Crippen LogP contribution >= 0.6 is 0 Å². The SMILES string of the molecule is CC(=O)c1cnn(-c2cccc(-c3ccccc3B3OC(C)(C)C(C)(C)O3)n2)c1C(F)(F)F. The Morgan fingerprint density at radius 2 is 1.64 bits per heavy atom. The molecule has 0 amide bonds. The Kier molecular flexibility index (Phi) is 5.49. The fourth-order valence-corrected chi connectivity index (χ4v) is 3.65. The number of rotatable bonds is 4. The number of Topliss-reactive ketones (excluding diaryl/α,β-unsaturated/α-hetero) is 1. The maximum absolute atomic E-state index is 13.8. The van der Waals surface area contributed by atoms with Gasteiger partial charge in [0.25, 0.3) is 0 Å². The van der Waals surface area contributed by atoms with Gasteiger partial charge in [-0.05, 0) is 57.8 Å². The van der Waals surface area contributed by atoms with E-state index in [1.807, 2.05) is 39.8 Å². The summed E-state index contributed by atoms with van der Waals surface area (Å²) in [5.74, 6) is -0.785. The summed E-state index contributed by atoms with van der Waals surface area (Å²) >= 11 is 0. The van der Waals surface area contributed by atoms with E-state index in [4.69, 9.17) is 9.31 Å². The van der Waals surface area contributed by atoms with Crippen molar-refractivity contribution in [2.75, 3.05) is 0 Å². The van der Waals surface area contributed by atoms with Crippen molar-refractivity contribution in [1.82, 2.24) is 14.8 Å². The third-order valence-corrected chi connectivity index (χ3v) is 6.11. The second kappa shape index (κ2) is 7.81. The molecule has 1 aliphatic rings. The predicted octanol–water partition coefficient (Wildman–Crippen LogP) is 4.45. The van der Waals surface area contributed by atoms with Gasteiger partial charge in [0, 0.05) is 0 Å². The summed E-state index contributed by atoms with van der Waals surface area (Å²) in [5, 5.41) is 3.81. The summed E-state index contributed by atoms with van der Waals surface area (Å²) < 4.78 is 54.2. The minimum atomic E-state index is -4.78. The number of pyridine rings is 1. The maximum atomic E-state index is 13.8. The van der Waals surface area contributed by atoms with Gasteiger partial charge in [0.2, 0.25) is 0 Å². The van der Waals surface area contributed by atoms with Gasteiger partial charge in [0.1, 0.15) is 0 Å². The summed E-state index contributed by atoms with van der Waals surface area (Å²) in [5.41, 5.74) is -0.983. The molecule has 33 heavy (non-hydrogen) atoms. The second-order valence-corrected chi connectivity index (χ2v) is 8.93. The number of carbonyl (C=O) groups is 1. The van der Waals surface area contributed by atoms with Crippen LogP contribution in [0.5, 0.6) is 0 Å². The minimum Gasteiger partial charge on any atom is -0.399 e. The highest BCUT2D eigenvalue weighted by atomic mass is 19.4. The van der Waals surface area contributed by atoms with Crippen LogP contribution in [0.25, 0.3) is 17.1 Å². The molecule has 1 aliphatic heterocycles. The average molecular weight is 457 g/mol. The van der Waals surface area contributed by atoms with Crippen LogP contribution in [-0.4, -0.2) is 38.9 Å². The van der Waals surface area contributed by atoms with Crippen LogP contribution in [0.3, 0.4) is 0 Å². The Hall–Kier alpha value is -2.98. The molecule has 10 heteroatoms. The van der Waals surface area contributed by atoms with Crippen LogP contribution < -0.4 is 5.46 Å². The molecule has 6 nitrogen and oxygen atoms in total. The lowest BCUT2D eigenvalue weighted by atomic mass is 9.75. The lowest BCUT2D eigenvalue weighted by Crippen LogP contribution is -2.41. The number of hydrogen-bond acceptors (Lipinski definition) is 5. The molecule has 0 radical (unpaired) electrons. The summed E-state index contributed by atoms with van der Waals surface area (Å²) in [7, 11) is -0.670. The molecule has 0 N–H and O–H groups in total. The van der Waals surface area contributed by atoms with Crippen molar-refractivity contribution < 1.29 is 27.3 Å². The molecule has 0 unspecified atom stereocenters. The molecule has 3 heterocycles. The number of benzene rings is 1. The lowest BCUT2D eigenvalue weighted by Gasteiger charge is -2.32. The molecule has 0 spiro atoms. The Morgan fingerprint density at radius 1 is 1.00 bits per heavy atom. The van der Waals surface area contributed by atoms with Crippen molar-refractivity contribution in [2.24, 2.45) is 0 Å². The summed E-state index contributed by atoms with van der Waals surface area (Å²) in [6, 6.07) is 12.0. The van der Waals surface area contributed by atoms with Gasteiger partial charge in [-0.25, -0.2) is 9.67 Å². The molecule has 0 saturated carbocycles. The molecule has 1 fully saturated rings. The summed E-state index contributed by atoms with van der Waals surface area (Å²) in [4.78, 5) is 16.2. The topological polar surface area (TPSA) is 66.2 Å². The molecule has 1 aromatic carbocycles. The van der Waals surface area contributed by atoms with E-state index in [1.165, 1.54) is 6.07 Å². The van der Waals surface area contributed by atoms with Crippen LogP contribution in [0.15, 0.2) is 48.7 Å². The maximum Gasteiger partial charge on any atom is 0.495 e. The average Bonchev–Trinajstić information content (AvgIpc) is 3.27. The zero-order chi connectivity index (χ0) is 24.2. The van der Waals surface area contributed by atoms with Gasteiger partial charge in [-0.3, -0.25) is 4.79 Å². The molecule has 4 rings (SSSR count). The van der Waals surface area contributed by atoms with Crippen LogP contribution in [-0.2, 0) is 15.5 Å². The number of ketones is 1. The molecular formula is C23H23BF3N3O3. The molecular weight excluding hydrogens is 434 g/mol. The Morgan fingerprint density at radius 3 is 2.24 bits per heavy atom. The van der Waals surface area contributed by atoms with Crippen molar-refractivity contribution in [3.63, 3.8) is 0 Å². The highest BCUT2D eigenvalue weighted by molar-refractivity contribution is 6.63. The molecule has 172 valence electrons. The molecule has 3 aromatic rings. The van der Waals surface area contributed by atoms with Crippen molar-refractivity contribution in [3.05, 3.63) is 59.9 Å². The fourth-order valence-electron chi connectivity index (χ4n) is 3.65. The first-order chi connectivity index (χ1) is 15.3. The fraction of sp³-hybridized carbons (Fsp3) is 0.348. The second-order valence-electron chi connectivity index (χ2n) is 8.93. The first-order valence-electron chi connectivity index (χ1n) is 10.4. The summed E-state index contributed by atoms with van der Waals surface area (Å²) in [6.07, 6.45) is -3.87. The minimum absolute atomic E-state index is 0.0592. The predicted molar refractivity (Wildman–Crippen MR) is 118 cm³/mol. The molecule has 0 aliphatic carbocycles. The largest absolute Gasteiger partial charge is 0.495 e. The lowest BCUT2D eigenvalue weighted by molar-refractivity contribution is -0.143. The van der Waals surface area contributed by atoms with E-state index in [9.17, 15) is 18.0 Å². The van der Waals surface area contributed by atoms with Crippen molar-refractivity contribution in [1.29, 1.82) is 0 Å². The Balaban J connectivity index is 1.80. The van der Waals surface area contributed by atoms with Gasteiger partial charge in [-0.15, -0.1) is 0 Å². The van der Waals surface area contributed by atoms with E-state index in [0.29, 0.717) is 21.4 Å². The van der Waals surface area contributed by atoms with Gasteiger partial charge in [0.15, 0.2) is 17.3 Å². The van der Waals surface area contributed by atoms with E-state index in [2.05, 4.69) is 10.1 Å². The van der Waals surface area contributed by atoms with Crippen LogP contribution in [0, 0.1) is 0 Å². The molecule has 0 bridgehead atoms. The van der Waals surface area contributed by atoms with E-state index in [0.717, 1.165) is 13.1 Å². The number of carbonyl (C=O) groups excluding carboxylic acids is 1. The zero-order valence-corrected chi connectivity index (χ0v) is 18.9. The quantitative estimate of drug-likeness (QED) is 0.428. The Labute approximate surface area is 189 Å². The number of alkyl halides is 3. The monoisotopic (exact) mass is 457 g/mol. The van der Waals surface area contributed by atoms with Gasteiger partial charge < -0.3 is 9.31 Å². The van der Waals surface area contributed by atoms with Gasteiger partial charge in [-0.1, -0.05) is 30.3 Å². The first-order valence-corrected chi connectivity index (χ1v) is 10.4. The first kappa shape index (κ1) is 23.2.